The minimum absolute atomic E-state index is 0.0529. The fourth-order valence-electron chi connectivity index (χ4n) is 3.79. The lowest BCUT2D eigenvalue weighted by Crippen LogP contribution is -2.49. The Morgan fingerprint density at radius 1 is 1.20 bits per heavy atom. The molecule has 8 heteroatoms. The molecule has 25 heavy (non-hydrogen) atoms. The molecule has 1 amide bonds. The van der Waals surface area contributed by atoms with Crippen LogP contribution >= 0.6 is 11.8 Å². The second kappa shape index (κ2) is 7.95. The Morgan fingerprint density at radius 3 is 2.60 bits per heavy atom. The Morgan fingerprint density at radius 2 is 1.96 bits per heavy atom. The predicted molar refractivity (Wildman–Crippen MR) is 96.9 cm³/mol. The van der Waals surface area contributed by atoms with Crippen molar-refractivity contribution in [2.45, 2.75) is 55.6 Å². The number of carbonyl (C=O) groups is 1. The van der Waals surface area contributed by atoms with Crippen LogP contribution in [0.4, 0.5) is 0 Å². The fourth-order valence-corrected chi connectivity index (χ4v) is 6.29. The number of carbonyl (C=O) groups excluding carboxylic acids is 1. The van der Waals surface area contributed by atoms with E-state index >= 15 is 0 Å². The zero-order chi connectivity index (χ0) is 17.9. The molecule has 0 aromatic carbocycles. The van der Waals surface area contributed by atoms with E-state index < -0.39 is 9.84 Å². The molecule has 1 aromatic heterocycles. The topological polar surface area (TPSA) is 81.4 Å². The molecule has 6 nitrogen and oxygen atoms in total. The summed E-state index contributed by atoms with van der Waals surface area (Å²) in [5, 5.41) is 12.2. The molecule has 0 spiro atoms. The Kier molecular flexibility index (Phi) is 5.89. The summed E-state index contributed by atoms with van der Waals surface area (Å²) in [4.78, 5) is 14.8. The van der Waals surface area contributed by atoms with E-state index in [-0.39, 0.29) is 35.2 Å². The summed E-state index contributed by atoms with van der Waals surface area (Å²) < 4.78 is 24.5. The lowest BCUT2D eigenvalue weighted by Gasteiger charge is -2.38. The number of rotatable bonds is 5. The molecule has 3 rings (SSSR count). The van der Waals surface area contributed by atoms with Gasteiger partial charge in [0, 0.05) is 24.2 Å². The van der Waals surface area contributed by atoms with E-state index in [0.29, 0.717) is 11.4 Å². The van der Waals surface area contributed by atoms with E-state index in [1.165, 1.54) is 24.4 Å². The first kappa shape index (κ1) is 18.5. The van der Waals surface area contributed by atoms with E-state index in [1.807, 2.05) is 4.90 Å². The lowest BCUT2D eigenvalue weighted by atomic mass is 9.93. The maximum Gasteiger partial charge on any atom is 0.251 e. The van der Waals surface area contributed by atoms with Gasteiger partial charge >= 0.3 is 0 Å². The van der Waals surface area contributed by atoms with Gasteiger partial charge in [-0.3, -0.25) is 4.79 Å². The molecule has 138 valence electrons. The van der Waals surface area contributed by atoms with Crippen molar-refractivity contribution in [3.63, 3.8) is 0 Å². The number of aromatic nitrogens is 1. The Bertz CT molecular complexity index is 717. The average Bonchev–Trinajstić information content (AvgIpc) is 2.95. The molecule has 0 N–H and O–H groups in total. The minimum Gasteiger partial charge on any atom is -0.618 e. The van der Waals surface area contributed by atoms with Crippen LogP contribution in [0.15, 0.2) is 29.4 Å². The Balaban J connectivity index is 1.71. The van der Waals surface area contributed by atoms with Gasteiger partial charge in [0.05, 0.1) is 17.3 Å². The van der Waals surface area contributed by atoms with E-state index in [9.17, 15) is 18.4 Å². The van der Waals surface area contributed by atoms with Gasteiger partial charge in [0.25, 0.3) is 5.03 Å². The summed E-state index contributed by atoms with van der Waals surface area (Å²) in [6.07, 6.45) is 7.17. The van der Waals surface area contributed by atoms with Crippen LogP contribution in [0.25, 0.3) is 0 Å². The number of pyridine rings is 1. The molecular weight excluding hydrogens is 360 g/mol. The summed E-state index contributed by atoms with van der Waals surface area (Å²) in [7, 11) is -3.04. The van der Waals surface area contributed by atoms with Gasteiger partial charge in [0.1, 0.15) is 0 Å². The number of hydrogen-bond acceptors (Lipinski definition) is 5. The van der Waals surface area contributed by atoms with Gasteiger partial charge in [-0.15, -0.1) is 0 Å². The van der Waals surface area contributed by atoms with Crippen LogP contribution in [0.2, 0.25) is 0 Å². The standard InChI is InChI=1S/C17H24N2O4S2/c20-16(12-24-17-8-4-5-10-18(17)21)19(14-6-2-1-3-7-14)15-9-11-25(22,23)13-15/h4-5,8,10,14-15H,1-3,6-7,9,11-13H2/t15-/m1/s1. The van der Waals surface area contributed by atoms with E-state index in [2.05, 4.69) is 0 Å². The van der Waals surface area contributed by atoms with Crippen molar-refractivity contribution in [1.82, 2.24) is 4.90 Å². The van der Waals surface area contributed by atoms with Gasteiger partial charge in [-0.1, -0.05) is 19.3 Å². The summed E-state index contributed by atoms with van der Waals surface area (Å²) in [6.45, 7) is 0. The molecule has 0 unspecified atom stereocenters. The van der Waals surface area contributed by atoms with Crippen LogP contribution in [0, 0.1) is 5.21 Å². The van der Waals surface area contributed by atoms with Gasteiger partial charge in [0.15, 0.2) is 16.0 Å². The highest BCUT2D eigenvalue weighted by Gasteiger charge is 2.38. The van der Waals surface area contributed by atoms with Crippen LogP contribution in [0.1, 0.15) is 38.5 Å². The van der Waals surface area contributed by atoms with Crippen molar-refractivity contribution < 1.29 is 17.9 Å². The van der Waals surface area contributed by atoms with E-state index in [4.69, 9.17) is 0 Å². The van der Waals surface area contributed by atoms with Gasteiger partial charge in [-0.25, -0.2) is 8.42 Å². The number of amides is 1. The maximum atomic E-state index is 12.9. The number of nitrogens with zero attached hydrogens (tertiary/aromatic N) is 2. The molecule has 1 aliphatic heterocycles. The van der Waals surface area contributed by atoms with Crippen LogP contribution in [-0.4, -0.2) is 48.6 Å². The third kappa shape index (κ3) is 4.67. The first-order chi connectivity index (χ1) is 12.0. The third-order valence-corrected chi connectivity index (χ3v) is 7.74. The van der Waals surface area contributed by atoms with Crippen molar-refractivity contribution in [3.8, 4) is 0 Å². The Labute approximate surface area is 153 Å². The first-order valence-corrected chi connectivity index (χ1v) is 11.6. The maximum absolute atomic E-state index is 12.9. The van der Waals surface area contributed by atoms with Crippen molar-refractivity contribution in [3.05, 3.63) is 29.6 Å². The van der Waals surface area contributed by atoms with Crippen molar-refractivity contribution >= 4 is 27.5 Å². The summed E-state index contributed by atoms with van der Waals surface area (Å²) >= 11 is 1.22. The molecule has 2 heterocycles. The molecule has 1 saturated carbocycles. The second-order valence-electron chi connectivity index (χ2n) is 6.80. The molecule has 1 aliphatic carbocycles. The van der Waals surface area contributed by atoms with Crippen molar-refractivity contribution in [2.75, 3.05) is 17.3 Å². The highest BCUT2D eigenvalue weighted by molar-refractivity contribution is 7.99. The molecular formula is C17H24N2O4S2. The van der Waals surface area contributed by atoms with Gasteiger partial charge in [-0.05, 0) is 37.1 Å². The Hall–Kier alpha value is -1.28. The largest absolute Gasteiger partial charge is 0.618 e. The average molecular weight is 385 g/mol. The molecule has 1 atom stereocenters. The highest BCUT2D eigenvalue weighted by Crippen LogP contribution is 2.29. The lowest BCUT2D eigenvalue weighted by molar-refractivity contribution is -0.645. The van der Waals surface area contributed by atoms with Crippen LogP contribution in [0.3, 0.4) is 0 Å². The van der Waals surface area contributed by atoms with E-state index in [1.54, 1.807) is 18.2 Å². The summed E-state index contributed by atoms with van der Waals surface area (Å²) in [5.74, 6) is 0.356. The number of thioether (sulfide) groups is 1. The molecule has 0 radical (unpaired) electrons. The normalized spacial score (nSPS) is 23.4. The molecule has 2 fully saturated rings. The van der Waals surface area contributed by atoms with Gasteiger partial charge in [0.2, 0.25) is 5.91 Å². The summed E-state index contributed by atoms with van der Waals surface area (Å²) in [5.41, 5.74) is 0. The molecule has 1 aromatic rings. The van der Waals surface area contributed by atoms with Gasteiger partial charge < -0.3 is 10.1 Å². The van der Waals surface area contributed by atoms with Crippen molar-refractivity contribution in [2.24, 2.45) is 0 Å². The highest BCUT2D eigenvalue weighted by atomic mass is 32.2. The molecule has 2 aliphatic rings. The SMILES string of the molecule is O=C(CSc1cccc[n+]1[O-])N(C1CCCCC1)[C@@H]1CCS(=O)(=O)C1. The smallest absolute Gasteiger partial charge is 0.251 e. The fraction of sp³-hybridized carbons (Fsp3) is 0.647. The first-order valence-electron chi connectivity index (χ1n) is 8.79. The van der Waals surface area contributed by atoms with E-state index in [0.717, 1.165) is 30.4 Å². The molecule has 0 bridgehead atoms. The quantitative estimate of drug-likeness (QED) is 0.439. The summed E-state index contributed by atoms with van der Waals surface area (Å²) in [6, 6.07) is 5.03. The minimum atomic E-state index is -3.04. The van der Waals surface area contributed by atoms with Crippen LogP contribution in [0.5, 0.6) is 0 Å². The van der Waals surface area contributed by atoms with Crippen LogP contribution in [-0.2, 0) is 14.6 Å². The van der Waals surface area contributed by atoms with Crippen LogP contribution < -0.4 is 4.73 Å². The van der Waals surface area contributed by atoms with Gasteiger partial charge in [-0.2, -0.15) is 4.73 Å². The van der Waals surface area contributed by atoms with Crippen molar-refractivity contribution in [1.29, 1.82) is 0 Å². The number of hydrogen-bond donors (Lipinski definition) is 0. The number of sulfone groups is 1. The zero-order valence-corrected chi connectivity index (χ0v) is 15.8. The molecule has 1 saturated heterocycles. The monoisotopic (exact) mass is 384 g/mol. The predicted octanol–water partition coefficient (Wildman–Crippen LogP) is 1.76. The third-order valence-electron chi connectivity index (χ3n) is 4.99. The second-order valence-corrected chi connectivity index (χ2v) is 10.0. The zero-order valence-electron chi connectivity index (χ0n) is 14.2.